The summed E-state index contributed by atoms with van der Waals surface area (Å²) in [5.74, 6) is 0.103. The van der Waals surface area contributed by atoms with Crippen molar-refractivity contribution in [2.75, 3.05) is 13.1 Å². The number of nitrogens with one attached hydrogen (secondary N) is 1. The van der Waals surface area contributed by atoms with Crippen LogP contribution < -0.4 is 5.32 Å². The molecule has 2 aromatic carbocycles. The third-order valence-electron chi connectivity index (χ3n) is 4.70. The van der Waals surface area contributed by atoms with E-state index in [9.17, 15) is 9.59 Å². The van der Waals surface area contributed by atoms with Crippen LogP contribution in [0.1, 0.15) is 33.8 Å². The number of para-hydroxylation sites is 1. The van der Waals surface area contributed by atoms with Crippen molar-refractivity contribution in [2.24, 2.45) is 0 Å². The molecule has 1 saturated heterocycles. The maximum Gasteiger partial charge on any atom is 0.251 e. The molecule has 1 aliphatic rings. The van der Waals surface area contributed by atoms with E-state index in [0.717, 1.165) is 29.1 Å². The van der Waals surface area contributed by atoms with Crippen molar-refractivity contribution in [3.05, 3.63) is 64.7 Å². The molecule has 0 saturated carbocycles. The summed E-state index contributed by atoms with van der Waals surface area (Å²) in [4.78, 5) is 30.7. The van der Waals surface area contributed by atoms with Gasteiger partial charge in [0.25, 0.3) is 5.91 Å². The Morgan fingerprint density at radius 3 is 2.89 bits per heavy atom. The first-order chi connectivity index (χ1) is 13.2. The molecule has 1 fully saturated rings. The highest BCUT2D eigenvalue weighted by atomic mass is 32.1. The van der Waals surface area contributed by atoms with Gasteiger partial charge in [0, 0.05) is 38.0 Å². The maximum absolute atomic E-state index is 12.5. The second-order valence-electron chi connectivity index (χ2n) is 6.70. The van der Waals surface area contributed by atoms with Gasteiger partial charge in [-0.1, -0.05) is 24.3 Å². The Kier molecular flexibility index (Phi) is 5.16. The number of rotatable bonds is 6. The summed E-state index contributed by atoms with van der Waals surface area (Å²) in [5.41, 5.74) is 2.63. The van der Waals surface area contributed by atoms with Gasteiger partial charge < -0.3 is 10.2 Å². The normalized spacial score (nSPS) is 14.1. The van der Waals surface area contributed by atoms with Gasteiger partial charge in [-0.25, -0.2) is 4.98 Å². The van der Waals surface area contributed by atoms with Gasteiger partial charge >= 0.3 is 0 Å². The maximum atomic E-state index is 12.5. The number of hydrogen-bond acceptors (Lipinski definition) is 4. The van der Waals surface area contributed by atoms with Gasteiger partial charge in [-0.15, -0.1) is 11.3 Å². The molecule has 27 heavy (non-hydrogen) atoms. The first-order valence-corrected chi connectivity index (χ1v) is 10.00. The fraction of sp³-hybridized carbons (Fsp3) is 0.286. The minimum Gasteiger partial charge on any atom is -0.352 e. The van der Waals surface area contributed by atoms with Gasteiger partial charge in [0.05, 0.1) is 15.2 Å². The molecule has 138 valence electrons. The molecular weight excluding hydrogens is 358 g/mol. The third kappa shape index (κ3) is 4.17. The molecule has 1 aliphatic heterocycles. The first-order valence-electron chi connectivity index (χ1n) is 9.18. The standard InChI is InChI=1S/C21H21N3O2S/c25-20-9-4-12-24(20)14-15-5-3-6-16(13-15)21(26)22-11-10-19-23-17-7-1-2-8-18(17)27-19/h1-3,5-8,13H,4,9-12,14H2,(H,22,26). The number of nitrogens with zero attached hydrogens (tertiary/aromatic N) is 2. The predicted molar refractivity (Wildman–Crippen MR) is 107 cm³/mol. The van der Waals surface area contributed by atoms with Crippen molar-refractivity contribution in [2.45, 2.75) is 25.8 Å². The van der Waals surface area contributed by atoms with E-state index in [1.54, 1.807) is 11.3 Å². The van der Waals surface area contributed by atoms with Crippen LogP contribution in [0.4, 0.5) is 0 Å². The summed E-state index contributed by atoms with van der Waals surface area (Å²) < 4.78 is 1.17. The predicted octanol–water partition coefficient (Wildman–Crippen LogP) is 3.39. The quantitative estimate of drug-likeness (QED) is 0.714. The zero-order chi connectivity index (χ0) is 18.6. The van der Waals surface area contributed by atoms with E-state index in [2.05, 4.69) is 16.4 Å². The molecule has 1 N–H and O–H groups in total. The number of carbonyl (C=O) groups is 2. The average Bonchev–Trinajstić information content (AvgIpc) is 3.27. The van der Waals surface area contributed by atoms with E-state index in [-0.39, 0.29) is 11.8 Å². The number of fused-ring (bicyclic) bond motifs is 1. The highest BCUT2D eigenvalue weighted by molar-refractivity contribution is 7.18. The summed E-state index contributed by atoms with van der Waals surface area (Å²) in [6.45, 7) is 1.93. The smallest absolute Gasteiger partial charge is 0.251 e. The molecule has 1 aromatic heterocycles. The lowest BCUT2D eigenvalue weighted by Crippen LogP contribution is -2.26. The summed E-state index contributed by atoms with van der Waals surface area (Å²) in [6.07, 6.45) is 2.27. The average molecular weight is 379 g/mol. The van der Waals surface area contributed by atoms with E-state index in [1.165, 1.54) is 4.70 Å². The Bertz CT molecular complexity index is 949. The zero-order valence-electron chi connectivity index (χ0n) is 15.0. The fourth-order valence-electron chi connectivity index (χ4n) is 3.31. The monoisotopic (exact) mass is 379 g/mol. The molecule has 2 heterocycles. The molecule has 3 aromatic rings. The molecule has 0 radical (unpaired) electrons. The molecule has 0 unspecified atom stereocenters. The van der Waals surface area contributed by atoms with Gasteiger partial charge in [-0.05, 0) is 36.2 Å². The van der Waals surface area contributed by atoms with E-state index in [4.69, 9.17) is 0 Å². The van der Waals surface area contributed by atoms with E-state index in [1.807, 2.05) is 47.4 Å². The second kappa shape index (κ2) is 7.88. The van der Waals surface area contributed by atoms with Crippen LogP contribution in [0.2, 0.25) is 0 Å². The lowest BCUT2D eigenvalue weighted by atomic mass is 10.1. The van der Waals surface area contributed by atoms with Crippen LogP contribution >= 0.6 is 11.3 Å². The largest absolute Gasteiger partial charge is 0.352 e. The van der Waals surface area contributed by atoms with Gasteiger partial charge in [0.2, 0.25) is 5.91 Å². The number of carbonyl (C=O) groups excluding carboxylic acids is 2. The first kappa shape index (κ1) is 17.7. The SMILES string of the molecule is O=C(NCCc1nc2ccccc2s1)c1cccc(CN2CCCC2=O)c1. The topological polar surface area (TPSA) is 62.3 Å². The Labute approximate surface area is 162 Å². The fourth-order valence-corrected chi connectivity index (χ4v) is 4.28. The minimum absolute atomic E-state index is 0.0919. The molecule has 2 amide bonds. The highest BCUT2D eigenvalue weighted by Crippen LogP contribution is 2.21. The molecule has 0 atom stereocenters. The number of hydrogen-bond donors (Lipinski definition) is 1. The van der Waals surface area contributed by atoms with Crippen molar-refractivity contribution in [1.29, 1.82) is 0 Å². The van der Waals surface area contributed by atoms with E-state index >= 15 is 0 Å². The van der Waals surface area contributed by atoms with Gasteiger partial charge in [0.15, 0.2) is 0 Å². The summed E-state index contributed by atoms with van der Waals surface area (Å²) >= 11 is 1.67. The molecule has 0 spiro atoms. The van der Waals surface area contributed by atoms with Gasteiger partial charge in [-0.2, -0.15) is 0 Å². The number of benzene rings is 2. The summed E-state index contributed by atoms with van der Waals surface area (Å²) in [5, 5.41) is 3.99. The third-order valence-corrected chi connectivity index (χ3v) is 5.79. The number of amides is 2. The van der Waals surface area contributed by atoms with Crippen LogP contribution in [0.25, 0.3) is 10.2 Å². The molecular formula is C21H21N3O2S. The minimum atomic E-state index is -0.0919. The van der Waals surface area contributed by atoms with E-state index in [0.29, 0.717) is 31.5 Å². The van der Waals surface area contributed by atoms with Crippen molar-refractivity contribution in [3.8, 4) is 0 Å². The van der Waals surface area contributed by atoms with Crippen LogP contribution in [0.5, 0.6) is 0 Å². The van der Waals surface area contributed by atoms with Crippen molar-refractivity contribution in [1.82, 2.24) is 15.2 Å². The van der Waals surface area contributed by atoms with Crippen LogP contribution in [0.3, 0.4) is 0 Å². The van der Waals surface area contributed by atoms with Gasteiger partial charge in [-0.3, -0.25) is 9.59 Å². The molecule has 6 heteroatoms. The molecule has 0 bridgehead atoms. The van der Waals surface area contributed by atoms with Crippen LogP contribution in [-0.2, 0) is 17.8 Å². The Morgan fingerprint density at radius 1 is 1.19 bits per heavy atom. The molecule has 4 rings (SSSR count). The Morgan fingerprint density at radius 2 is 2.07 bits per heavy atom. The van der Waals surface area contributed by atoms with E-state index < -0.39 is 0 Å². The summed E-state index contributed by atoms with van der Waals surface area (Å²) in [6, 6.07) is 15.6. The number of aromatic nitrogens is 1. The lowest BCUT2D eigenvalue weighted by Gasteiger charge is -2.16. The molecule has 5 nitrogen and oxygen atoms in total. The van der Waals surface area contributed by atoms with Crippen LogP contribution in [-0.4, -0.2) is 34.8 Å². The Hall–Kier alpha value is -2.73. The number of likely N-dealkylation sites (tertiary alicyclic amines) is 1. The van der Waals surface area contributed by atoms with Crippen LogP contribution in [0, 0.1) is 0 Å². The van der Waals surface area contributed by atoms with Crippen molar-refractivity contribution >= 4 is 33.4 Å². The highest BCUT2D eigenvalue weighted by Gasteiger charge is 2.20. The lowest BCUT2D eigenvalue weighted by molar-refractivity contribution is -0.128. The molecule has 0 aliphatic carbocycles. The second-order valence-corrected chi connectivity index (χ2v) is 7.82. The van der Waals surface area contributed by atoms with Crippen molar-refractivity contribution < 1.29 is 9.59 Å². The summed E-state index contributed by atoms with van der Waals surface area (Å²) in [7, 11) is 0. The number of thiazole rings is 1. The van der Waals surface area contributed by atoms with Crippen LogP contribution in [0.15, 0.2) is 48.5 Å². The Balaban J connectivity index is 1.33. The van der Waals surface area contributed by atoms with Crippen molar-refractivity contribution in [3.63, 3.8) is 0 Å². The zero-order valence-corrected chi connectivity index (χ0v) is 15.8. The van der Waals surface area contributed by atoms with Gasteiger partial charge in [0.1, 0.15) is 0 Å².